The monoisotopic (exact) mass is 330 g/mol. The molecule has 0 atom stereocenters. The fraction of sp³-hybridized carbons (Fsp3) is 0.353. The first-order valence-corrected chi connectivity index (χ1v) is 7.79. The number of anilines is 1. The molecule has 0 spiro atoms. The Balaban J connectivity index is 1.80. The lowest BCUT2D eigenvalue weighted by atomic mass is 9.74. The van der Waals surface area contributed by atoms with Crippen molar-refractivity contribution < 1.29 is 13.9 Å². The lowest BCUT2D eigenvalue weighted by Gasteiger charge is -2.38. The molecule has 1 amide bonds. The van der Waals surface area contributed by atoms with Gasteiger partial charge in [-0.15, -0.1) is 0 Å². The topological polar surface area (TPSA) is 90.1 Å². The highest BCUT2D eigenvalue weighted by Gasteiger charge is 2.35. The third kappa shape index (κ3) is 3.35. The molecular formula is C17H19FN4O2. The molecule has 2 heterocycles. The minimum atomic E-state index is -0.386. The van der Waals surface area contributed by atoms with Crippen molar-refractivity contribution in [1.82, 2.24) is 15.3 Å². The molecule has 1 aliphatic heterocycles. The van der Waals surface area contributed by atoms with Gasteiger partial charge < -0.3 is 15.8 Å². The predicted octanol–water partition coefficient (Wildman–Crippen LogP) is 1.68. The Bertz CT molecular complexity index is 732. The zero-order valence-corrected chi connectivity index (χ0v) is 13.2. The molecule has 1 saturated heterocycles. The Kier molecular flexibility index (Phi) is 4.71. The molecule has 24 heavy (non-hydrogen) atoms. The van der Waals surface area contributed by atoms with Gasteiger partial charge in [0.15, 0.2) is 11.5 Å². The molecule has 1 aromatic heterocycles. The molecule has 1 fully saturated rings. The first kappa shape index (κ1) is 16.3. The molecule has 6 nitrogen and oxygen atoms in total. The van der Waals surface area contributed by atoms with E-state index in [2.05, 4.69) is 15.3 Å². The van der Waals surface area contributed by atoms with E-state index in [4.69, 9.17) is 10.5 Å². The smallest absolute Gasteiger partial charge is 0.273 e. The molecule has 0 saturated carbocycles. The number of carbonyl (C=O) groups is 1. The number of amides is 1. The average molecular weight is 330 g/mol. The standard InChI is InChI=1S/C17H19FN4O2/c18-13-3-1-2-12(10-13)17(4-8-24-9-5-17)11-22-16(23)14-15(19)21-7-6-20-14/h1-3,6-7,10H,4-5,8-9,11H2,(H2,19,21)(H,22,23). The van der Waals surface area contributed by atoms with E-state index in [0.29, 0.717) is 32.6 Å². The van der Waals surface area contributed by atoms with Gasteiger partial charge in [-0.05, 0) is 30.5 Å². The summed E-state index contributed by atoms with van der Waals surface area (Å²) in [5, 5.41) is 2.87. The molecule has 7 heteroatoms. The van der Waals surface area contributed by atoms with Gasteiger partial charge in [-0.25, -0.2) is 14.4 Å². The molecule has 0 bridgehead atoms. The first-order valence-electron chi connectivity index (χ1n) is 7.79. The van der Waals surface area contributed by atoms with Crippen molar-refractivity contribution in [3.8, 4) is 0 Å². The number of nitrogens with zero attached hydrogens (tertiary/aromatic N) is 2. The van der Waals surface area contributed by atoms with E-state index in [1.165, 1.54) is 24.5 Å². The van der Waals surface area contributed by atoms with Crippen molar-refractivity contribution in [2.45, 2.75) is 18.3 Å². The SMILES string of the molecule is Nc1nccnc1C(=O)NCC1(c2cccc(F)c2)CCOCC1. The van der Waals surface area contributed by atoms with E-state index in [9.17, 15) is 9.18 Å². The molecule has 3 N–H and O–H groups in total. The highest BCUT2D eigenvalue weighted by molar-refractivity contribution is 5.96. The maximum atomic E-state index is 13.7. The normalized spacial score (nSPS) is 16.5. The Hall–Kier alpha value is -2.54. The number of ether oxygens (including phenoxy) is 1. The van der Waals surface area contributed by atoms with Crippen LogP contribution in [0.4, 0.5) is 10.2 Å². The van der Waals surface area contributed by atoms with Gasteiger partial charge in [0.25, 0.3) is 5.91 Å². The van der Waals surface area contributed by atoms with Gasteiger partial charge in [-0.1, -0.05) is 12.1 Å². The third-order valence-electron chi connectivity index (χ3n) is 4.42. The van der Waals surface area contributed by atoms with Crippen molar-refractivity contribution in [2.75, 3.05) is 25.5 Å². The summed E-state index contributed by atoms with van der Waals surface area (Å²) in [5.74, 6) is -0.590. The number of benzene rings is 1. The second-order valence-electron chi connectivity index (χ2n) is 5.88. The molecule has 1 aliphatic rings. The van der Waals surface area contributed by atoms with Crippen LogP contribution >= 0.6 is 0 Å². The molecule has 0 radical (unpaired) electrons. The number of halogens is 1. The van der Waals surface area contributed by atoms with Gasteiger partial charge in [0.1, 0.15) is 5.82 Å². The zero-order chi connectivity index (χ0) is 17.0. The van der Waals surface area contributed by atoms with Gasteiger partial charge in [-0.2, -0.15) is 0 Å². The number of carbonyl (C=O) groups excluding carboxylic acids is 1. The number of aromatic nitrogens is 2. The van der Waals surface area contributed by atoms with E-state index in [0.717, 1.165) is 5.56 Å². The first-order chi connectivity index (χ1) is 11.6. The summed E-state index contributed by atoms with van der Waals surface area (Å²) in [6, 6.07) is 6.51. The van der Waals surface area contributed by atoms with Crippen molar-refractivity contribution in [3.05, 3.63) is 53.7 Å². The maximum Gasteiger partial charge on any atom is 0.273 e. The summed E-state index contributed by atoms with van der Waals surface area (Å²) >= 11 is 0. The van der Waals surface area contributed by atoms with Crippen LogP contribution in [-0.2, 0) is 10.2 Å². The largest absolute Gasteiger partial charge is 0.382 e. The van der Waals surface area contributed by atoms with Crippen molar-refractivity contribution >= 4 is 11.7 Å². The van der Waals surface area contributed by atoms with E-state index < -0.39 is 0 Å². The third-order valence-corrected chi connectivity index (χ3v) is 4.42. The number of rotatable bonds is 4. The van der Waals surface area contributed by atoms with Crippen molar-refractivity contribution in [1.29, 1.82) is 0 Å². The second-order valence-corrected chi connectivity index (χ2v) is 5.88. The minimum absolute atomic E-state index is 0.0850. The summed E-state index contributed by atoms with van der Waals surface area (Å²) in [4.78, 5) is 20.2. The van der Waals surface area contributed by atoms with Crippen LogP contribution in [0.3, 0.4) is 0 Å². The highest BCUT2D eigenvalue weighted by Crippen LogP contribution is 2.34. The molecule has 0 unspecified atom stereocenters. The number of nitrogen functional groups attached to an aromatic ring is 1. The van der Waals surface area contributed by atoms with Crippen LogP contribution in [0.2, 0.25) is 0 Å². The summed E-state index contributed by atoms with van der Waals surface area (Å²) in [6.45, 7) is 1.49. The van der Waals surface area contributed by atoms with E-state index in [1.54, 1.807) is 6.07 Å². The average Bonchev–Trinajstić information content (AvgIpc) is 2.61. The second kappa shape index (κ2) is 6.92. The van der Waals surface area contributed by atoms with Gasteiger partial charge in [0, 0.05) is 37.6 Å². The van der Waals surface area contributed by atoms with E-state index >= 15 is 0 Å². The molecule has 126 valence electrons. The van der Waals surface area contributed by atoms with E-state index in [-0.39, 0.29) is 28.7 Å². The Morgan fingerprint density at radius 2 is 2.04 bits per heavy atom. The predicted molar refractivity (Wildman–Crippen MR) is 86.9 cm³/mol. The Morgan fingerprint density at radius 1 is 1.29 bits per heavy atom. The molecule has 2 aromatic rings. The number of hydrogen-bond donors (Lipinski definition) is 2. The van der Waals surface area contributed by atoms with Crippen LogP contribution in [0.5, 0.6) is 0 Å². The lowest BCUT2D eigenvalue weighted by molar-refractivity contribution is 0.0486. The van der Waals surface area contributed by atoms with Crippen LogP contribution in [0, 0.1) is 5.82 Å². The number of nitrogens with two attached hydrogens (primary N) is 1. The zero-order valence-electron chi connectivity index (χ0n) is 13.2. The summed E-state index contributed by atoms with van der Waals surface area (Å²) in [6.07, 6.45) is 4.25. The van der Waals surface area contributed by atoms with Gasteiger partial charge in [0.05, 0.1) is 0 Å². The molecule has 1 aromatic carbocycles. The van der Waals surface area contributed by atoms with Crippen LogP contribution in [0.15, 0.2) is 36.7 Å². The minimum Gasteiger partial charge on any atom is -0.382 e. The molecule has 0 aliphatic carbocycles. The quantitative estimate of drug-likeness (QED) is 0.890. The lowest BCUT2D eigenvalue weighted by Crippen LogP contribution is -2.45. The highest BCUT2D eigenvalue weighted by atomic mass is 19.1. The Morgan fingerprint density at radius 3 is 2.75 bits per heavy atom. The van der Waals surface area contributed by atoms with Crippen LogP contribution in [0.25, 0.3) is 0 Å². The van der Waals surface area contributed by atoms with Crippen LogP contribution in [0.1, 0.15) is 28.9 Å². The molecule has 3 rings (SSSR count). The number of nitrogens with one attached hydrogen (secondary N) is 1. The van der Waals surface area contributed by atoms with Crippen LogP contribution < -0.4 is 11.1 Å². The number of hydrogen-bond acceptors (Lipinski definition) is 5. The van der Waals surface area contributed by atoms with Gasteiger partial charge in [-0.3, -0.25) is 4.79 Å². The van der Waals surface area contributed by atoms with Crippen LogP contribution in [-0.4, -0.2) is 35.6 Å². The van der Waals surface area contributed by atoms with Gasteiger partial charge >= 0.3 is 0 Å². The van der Waals surface area contributed by atoms with Crippen molar-refractivity contribution in [2.24, 2.45) is 0 Å². The van der Waals surface area contributed by atoms with E-state index in [1.807, 2.05) is 6.07 Å². The maximum absolute atomic E-state index is 13.7. The summed E-state index contributed by atoms with van der Waals surface area (Å²) < 4.78 is 19.1. The molecular weight excluding hydrogens is 311 g/mol. The van der Waals surface area contributed by atoms with Gasteiger partial charge in [0.2, 0.25) is 0 Å². The summed E-state index contributed by atoms with van der Waals surface area (Å²) in [5.41, 5.74) is 6.28. The van der Waals surface area contributed by atoms with Crippen molar-refractivity contribution in [3.63, 3.8) is 0 Å². The Labute approximate surface area is 139 Å². The fourth-order valence-electron chi connectivity index (χ4n) is 3.00. The fourth-order valence-corrected chi connectivity index (χ4v) is 3.00. The summed E-state index contributed by atoms with van der Waals surface area (Å²) in [7, 11) is 0.